The third-order valence-corrected chi connectivity index (χ3v) is 2.98. The second kappa shape index (κ2) is 5.35. The van der Waals surface area contributed by atoms with Gasteiger partial charge in [-0.05, 0) is 19.1 Å². The van der Waals surface area contributed by atoms with Crippen LogP contribution in [0, 0.1) is 11.7 Å². The van der Waals surface area contributed by atoms with Crippen molar-refractivity contribution in [1.29, 1.82) is 0 Å². The average molecular weight is 253 g/mol. The highest BCUT2D eigenvalue weighted by Gasteiger charge is 2.31. The topological polar surface area (TPSA) is 49.8 Å². The molecule has 1 aromatic carbocycles. The van der Waals surface area contributed by atoms with Crippen LogP contribution >= 0.6 is 0 Å². The minimum atomic E-state index is -0.396. The van der Waals surface area contributed by atoms with Gasteiger partial charge in [0.25, 0.3) is 0 Å². The predicted octanol–water partition coefficient (Wildman–Crippen LogP) is 1.57. The standard InChI is InChI=1S/C13H16FNO3/c1-2-18-12-6-10(14)3-4-11(12)15-7-9(8-16)5-13(15)17/h3-4,6,9,16H,2,5,7-8H2,1H3. The van der Waals surface area contributed by atoms with E-state index in [0.717, 1.165) is 0 Å². The molecular formula is C13H16FNO3. The fraction of sp³-hybridized carbons (Fsp3) is 0.462. The Morgan fingerprint density at radius 2 is 2.33 bits per heavy atom. The first-order chi connectivity index (χ1) is 8.65. The summed E-state index contributed by atoms with van der Waals surface area (Å²) in [7, 11) is 0. The maximum absolute atomic E-state index is 13.2. The zero-order valence-corrected chi connectivity index (χ0v) is 10.2. The van der Waals surface area contributed by atoms with E-state index in [4.69, 9.17) is 9.84 Å². The van der Waals surface area contributed by atoms with E-state index in [-0.39, 0.29) is 18.4 Å². The minimum Gasteiger partial charge on any atom is -0.492 e. The number of anilines is 1. The van der Waals surface area contributed by atoms with Crippen LogP contribution < -0.4 is 9.64 Å². The summed E-state index contributed by atoms with van der Waals surface area (Å²) in [5, 5.41) is 9.10. The van der Waals surface area contributed by atoms with Crippen molar-refractivity contribution in [1.82, 2.24) is 0 Å². The van der Waals surface area contributed by atoms with Gasteiger partial charge in [0.15, 0.2) is 0 Å². The number of aliphatic hydroxyl groups excluding tert-OH is 1. The summed E-state index contributed by atoms with van der Waals surface area (Å²) < 4.78 is 18.5. The molecule has 2 rings (SSSR count). The van der Waals surface area contributed by atoms with E-state index in [9.17, 15) is 9.18 Å². The number of carbonyl (C=O) groups is 1. The highest BCUT2D eigenvalue weighted by atomic mass is 19.1. The van der Waals surface area contributed by atoms with E-state index in [0.29, 0.717) is 31.0 Å². The van der Waals surface area contributed by atoms with E-state index < -0.39 is 5.82 Å². The molecule has 0 saturated carbocycles. The number of amides is 1. The molecule has 4 nitrogen and oxygen atoms in total. The molecule has 0 aliphatic carbocycles. The molecule has 1 unspecified atom stereocenters. The van der Waals surface area contributed by atoms with Crippen molar-refractivity contribution < 1.29 is 19.0 Å². The normalized spacial score (nSPS) is 19.4. The Hall–Kier alpha value is -1.62. The number of ether oxygens (including phenoxy) is 1. The Morgan fingerprint density at radius 3 is 2.94 bits per heavy atom. The Bertz CT molecular complexity index is 450. The van der Waals surface area contributed by atoms with Crippen LogP contribution in [0.5, 0.6) is 5.75 Å². The van der Waals surface area contributed by atoms with Gasteiger partial charge in [-0.2, -0.15) is 0 Å². The van der Waals surface area contributed by atoms with E-state index in [1.54, 1.807) is 11.8 Å². The molecule has 1 aromatic rings. The monoisotopic (exact) mass is 253 g/mol. The smallest absolute Gasteiger partial charge is 0.227 e. The van der Waals surface area contributed by atoms with Gasteiger partial charge in [0.1, 0.15) is 11.6 Å². The largest absolute Gasteiger partial charge is 0.492 e. The SMILES string of the molecule is CCOc1cc(F)ccc1N1CC(CO)CC1=O. The number of nitrogens with zero attached hydrogens (tertiary/aromatic N) is 1. The molecule has 1 amide bonds. The summed E-state index contributed by atoms with van der Waals surface area (Å²) in [5.41, 5.74) is 0.569. The lowest BCUT2D eigenvalue weighted by Crippen LogP contribution is -2.25. The number of benzene rings is 1. The van der Waals surface area contributed by atoms with E-state index in [1.165, 1.54) is 18.2 Å². The maximum atomic E-state index is 13.2. The molecule has 0 bridgehead atoms. The van der Waals surface area contributed by atoms with Gasteiger partial charge in [-0.25, -0.2) is 4.39 Å². The van der Waals surface area contributed by atoms with Crippen molar-refractivity contribution >= 4 is 11.6 Å². The Balaban J connectivity index is 2.30. The molecule has 0 aromatic heterocycles. The molecule has 1 atom stereocenters. The molecule has 1 aliphatic heterocycles. The Kier molecular flexibility index (Phi) is 3.81. The quantitative estimate of drug-likeness (QED) is 0.886. The summed E-state index contributed by atoms with van der Waals surface area (Å²) in [6, 6.07) is 4.12. The molecular weight excluding hydrogens is 237 g/mol. The molecule has 0 spiro atoms. The third kappa shape index (κ3) is 2.46. The highest BCUT2D eigenvalue weighted by Crippen LogP contribution is 2.33. The molecule has 1 saturated heterocycles. The van der Waals surface area contributed by atoms with Gasteiger partial charge in [0, 0.05) is 31.6 Å². The van der Waals surface area contributed by atoms with Crippen molar-refractivity contribution in [2.24, 2.45) is 5.92 Å². The number of halogens is 1. The molecule has 98 valence electrons. The zero-order chi connectivity index (χ0) is 13.1. The van der Waals surface area contributed by atoms with E-state index in [1.807, 2.05) is 0 Å². The van der Waals surface area contributed by atoms with Crippen LogP contribution in [0.4, 0.5) is 10.1 Å². The number of aliphatic hydroxyl groups is 1. The van der Waals surface area contributed by atoms with Crippen LogP contribution in [0.15, 0.2) is 18.2 Å². The van der Waals surface area contributed by atoms with Gasteiger partial charge in [-0.3, -0.25) is 4.79 Å². The molecule has 0 radical (unpaired) electrons. The fourth-order valence-corrected chi connectivity index (χ4v) is 2.12. The lowest BCUT2D eigenvalue weighted by molar-refractivity contribution is -0.117. The zero-order valence-electron chi connectivity index (χ0n) is 10.2. The lowest BCUT2D eigenvalue weighted by atomic mass is 10.1. The maximum Gasteiger partial charge on any atom is 0.227 e. The van der Waals surface area contributed by atoms with Gasteiger partial charge in [-0.15, -0.1) is 0 Å². The number of rotatable bonds is 4. The van der Waals surface area contributed by atoms with Crippen molar-refractivity contribution in [3.63, 3.8) is 0 Å². The van der Waals surface area contributed by atoms with Crippen LogP contribution in [0.1, 0.15) is 13.3 Å². The van der Waals surface area contributed by atoms with Crippen LogP contribution in [0.2, 0.25) is 0 Å². The number of hydrogen-bond acceptors (Lipinski definition) is 3. The van der Waals surface area contributed by atoms with Crippen LogP contribution in [0.25, 0.3) is 0 Å². The van der Waals surface area contributed by atoms with Gasteiger partial charge in [-0.1, -0.05) is 0 Å². The number of hydrogen-bond donors (Lipinski definition) is 1. The van der Waals surface area contributed by atoms with Crippen molar-refractivity contribution in [2.75, 3.05) is 24.7 Å². The summed E-state index contributed by atoms with van der Waals surface area (Å²) in [6.07, 6.45) is 0.319. The summed E-state index contributed by atoms with van der Waals surface area (Å²) in [6.45, 7) is 2.63. The van der Waals surface area contributed by atoms with E-state index in [2.05, 4.69) is 0 Å². The molecule has 5 heteroatoms. The Labute approximate surface area is 105 Å². The van der Waals surface area contributed by atoms with Crippen molar-refractivity contribution in [3.8, 4) is 5.75 Å². The number of carbonyl (C=O) groups excluding carboxylic acids is 1. The van der Waals surface area contributed by atoms with E-state index >= 15 is 0 Å². The van der Waals surface area contributed by atoms with Gasteiger partial charge in [0.2, 0.25) is 5.91 Å². The van der Waals surface area contributed by atoms with Gasteiger partial charge < -0.3 is 14.7 Å². The first kappa shape index (κ1) is 12.8. The van der Waals surface area contributed by atoms with Crippen LogP contribution in [-0.4, -0.2) is 30.8 Å². The predicted molar refractivity (Wildman–Crippen MR) is 65.1 cm³/mol. The summed E-state index contributed by atoms with van der Waals surface area (Å²) in [4.78, 5) is 13.4. The third-order valence-electron chi connectivity index (χ3n) is 2.98. The van der Waals surface area contributed by atoms with Crippen LogP contribution in [-0.2, 0) is 4.79 Å². The summed E-state index contributed by atoms with van der Waals surface area (Å²) in [5.74, 6) is -0.157. The lowest BCUT2D eigenvalue weighted by Gasteiger charge is -2.20. The average Bonchev–Trinajstić information content (AvgIpc) is 2.71. The molecule has 1 aliphatic rings. The highest BCUT2D eigenvalue weighted by molar-refractivity contribution is 5.97. The first-order valence-corrected chi connectivity index (χ1v) is 5.99. The second-order valence-electron chi connectivity index (χ2n) is 4.30. The molecule has 1 heterocycles. The Morgan fingerprint density at radius 1 is 1.56 bits per heavy atom. The second-order valence-corrected chi connectivity index (χ2v) is 4.30. The van der Waals surface area contributed by atoms with Crippen LogP contribution in [0.3, 0.4) is 0 Å². The molecule has 1 fully saturated rings. The van der Waals surface area contributed by atoms with Crippen molar-refractivity contribution in [3.05, 3.63) is 24.0 Å². The van der Waals surface area contributed by atoms with Gasteiger partial charge >= 0.3 is 0 Å². The minimum absolute atomic E-state index is 0.0204. The van der Waals surface area contributed by atoms with Gasteiger partial charge in [0.05, 0.1) is 12.3 Å². The molecule has 18 heavy (non-hydrogen) atoms. The first-order valence-electron chi connectivity index (χ1n) is 5.99. The van der Waals surface area contributed by atoms with Crippen molar-refractivity contribution in [2.45, 2.75) is 13.3 Å². The summed E-state index contributed by atoms with van der Waals surface area (Å²) >= 11 is 0. The fourth-order valence-electron chi connectivity index (χ4n) is 2.12. The molecule has 1 N–H and O–H groups in total.